The van der Waals surface area contributed by atoms with Crippen LogP contribution in [0.2, 0.25) is 0 Å². The fraction of sp³-hybridized carbons (Fsp3) is 0.167. The Balaban J connectivity index is 2.32. The van der Waals surface area contributed by atoms with E-state index in [0.29, 0.717) is 5.56 Å². The number of nitro groups is 2. The van der Waals surface area contributed by atoms with Crippen LogP contribution in [-0.2, 0) is 9.63 Å². The number of carbonyl (C=O) groups is 2. The van der Waals surface area contributed by atoms with Crippen LogP contribution in [0.3, 0.4) is 0 Å². The van der Waals surface area contributed by atoms with E-state index in [1.165, 1.54) is 43.3 Å². The predicted octanol–water partition coefficient (Wildman–Crippen LogP) is 3.68. The van der Waals surface area contributed by atoms with Crippen molar-refractivity contribution in [2.45, 2.75) is 20.3 Å². The summed E-state index contributed by atoms with van der Waals surface area (Å²) in [6, 6.07) is 9.16. The molecule has 0 saturated heterocycles. The summed E-state index contributed by atoms with van der Waals surface area (Å²) in [5.74, 6) is -1.05. The van der Waals surface area contributed by atoms with Crippen molar-refractivity contribution < 1.29 is 24.3 Å². The first-order chi connectivity index (χ1) is 13.2. The Kier molecular flexibility index (Phi) is 6.27. The molecule has 0 fully saturated rings. The standard InChI is InChI=1S/C18H15N3O7/c1-3-17(22)28-19-11(2)18(23)13-6-4-12(5-7-13)15-9-8-14(20(24)25)10-16(15)21(26)27/h4-10H,3H2,1-2H3/b19-11-. The van der Waals surface area contributed by atoms with Crippen molar-refractivity contribution in [1.82, 2.24) is 0 Å². The van der Waals surface area contributed by atoms with Crippen LogP contribution in [0.1, 0.15) is 30.6 Å². The molecule has 10 heteroatoms. The minimum Gasteiger partial charge on any atom is -0.318 e. The highest BCUT2D eigenvalue weighted by Gasteiger charge is 2.21. The topological polar surface area (TPSA) is 142 Å². The molecule has 0 heterocycles. The van der Waals surface area contributed by atoms with Crippen molar-refractivity contribution in [2.75, 3.05) is 0 Å². The number of benzene rings is 2. The van der Waals surface area contributed by atoms with Crippen LogP contribution < -0.4 is 0 Å². The summed E-state index contributed by atoms with van der Waals surface area (Å²) in [5, 5.41) is 25.6. The number of non-ortho nitro benzene ring substituents is 1. The molecule has 0 N–H and O–H groups in total. The van der Waals surface area contributed by atoms with Gasteiger partial charge in [0.2, 0.25) is 5.78 Å². The Morgan fingerprint density at radius 3 is 2.21 bits per heavy atom. The molecule has 144 valence electrons. The molecule has 28 heavy (non-hydrogen) atoms. The largest absolute Gasteiger partial charge is 0.334 e. The second-order valence-corrected chi connectivity index (χ2v) is 5.62. The van der Waals surface area contributed by atoms with Crippen LogP contribution >= 0.6 is 0 Å². The van der Waals surface area contributed by atoms with Gasteiger partial charge in [-0.2, -0.15) is 0 Å². The molecule has 0 aliphatic rings. The van der Waals surface area contributed by atoms with Crippen molar-refractivity contribution in [3.05, 3.63) is 68.3 Å². The Morgan fingerprint density at radius 2 is 1.68 bits per heavy atom. The molecule has 2 aromatic carbocycles. The maximum Gasteiger partial charge on any atom is 0.334 e. The first kappa shape index (κ1) is 20.4. The molecular weight excluding hydrogens is 370 g/mol. The second-order valence-electron chi connectivity index (χ2n) is 5.62. The summed E-state index contributed by atoms with van der Waals surface area (Å²) in [6.45, 7) is 2.98. The summed E-state index contributed by atoms with van der Waals surface area (Å²) in [7, 11) is 0. The van der Waals surface area contributed by atoms with Gasteiger partial charge in [-0.3, -0.25) is 25.0 Å². The highest BCUT2D eigenvalue weighted by Crippen LogP contribution is 2.33. The van der Waals surface area contributed by atoms with Gasteiger partial charge >= 0.3 is 5.97 Å². The number of rotatable bonds is 7. The van der Waals surface area contributed by atoms with E-state index >= 15 is 0 Å². The zero-order valence-corrected chi connectivity index (χ0v) is 14.9. The van der Waals surface area contributed by atoms with Gasteiger partial charge in [-0.1, -0.05) is 36.3 Å². The smallest absolute Gasteiger partial charge is 0.318 e. The molecule has 0 unspecified atom stereocenters. The molecule has 0 spiro atoms. The first-order valence-electron chi connectivity index (χ1n) is 8.07. The lowest BCUT2D eigenvalue weighted by Crippen LogP contribution is -2.12. The van der Waals surface area contributed by atoms with Crippen LogP contribution in [0.15, 0.2) is 47.6 Å². The van der Waals surface area contributed by atoms with E-state index in [2.05, 4.69) is 9.99 Å². The number of ketones is 1. The molecule has 0 aliphatic carbocycles. The van der Waals surface area contributed by atoms with E-state index in [1.54, 1.807) is 6.92 Å². The summed E-state index contributed by atoms with van der Waals surface area (Å²) in [5.41, 5.74) is -0.0202. The third-order valence-electron chi connectivity index (χ3n) is 3.75. The molecule has 0 atom stereocenters. The molecule has 10 nitrogen and oxygen atoms in total. The van der Waals surface area contributed by atoms with Crippen molar-refractivity contribution in [3.8, 4) is 11.1 Å². The van der Waals surface area contributed by atoms with Crippen LogP contribution in [-0.4, -0.2) is 27.3 Å². The molecule has 0 saturated carbocycles. The Bertz CT molecular complexity index is 981. The lowest BCUT2D eigenvalue weighted by Gasteiger charge is -2.05. The van der Waals surface area contributed by atoms with Gasteiger partial charge < -0.3 is 4.84 Å². The van der Waals surface area contributed by atoms with E-state index in [0.717, 1.165) is 6.07 Å². The SMILES string of the molecule is CCC(=O)O/N=C(/C)C(=O)c1ccc(-c2ccc([N+](=O)[O-])cc2[N+](=O)[O-])cc1. The van der Waals surface area contributed by atoms with Crippen LogP contribution in [0.5, 0.6) is 0 Å². The number of nitro benzene ring substituents is 2. The maximum atomic E-state index is 12.3. The number of nitrogens with zero attached hydrogens (tertiary/aromatic N) is 3. The zero-order valence-electron chi connectivity index (χ0n) is 14.9. The van der Waals surface area contributed by atoms with Crippen molar-refractivity contribution >= 4 is 28.8 Å². The highest BCUT2D eigenvalue weighted by atomic mass is 16.7. The number of hydrogen-bond donors (Lipinski definition) is 0. The number of Topliss-reactive ketones (excluding diaryl/α,β-unsaturated/α-hetero) is 1. The Labute approximate surface area is 158 Å². The van der Waals surface area contributed by atoms with Gasteiger partial charge in [0.25, 0.3) is 11.4 Å². The molecule has 2 rings (SSSR count). The minimum absolute atomic E-state index is 0.0316. The number of hydrogen-bond acceptors (Lipinski definition) is 8. The number of oxime groups is 1. The van der Waals surface area contributed by atoms with E-state index < -0.39 is 33.0 Å². The van der Waals surface area contributed by atoms with Crippen LogP contribution in [0, 0.1) is 20.2 Å². The quantitative estimate of drug-likeness (QED) is 0.232. The third-order valence-corrected chi connectivity index (χ3v) is 3.75. The van der Waals surface area contributed by atoms with E-state index in [9.17, 15) is 29.8 Å². The van der Waals surface area contributed by atoms with Crippen LogP contribution in [0.25, 0.3) is 11.1 Å². The van der Waals surface area contributed by atoms with Gasteiger partial charge in [0.15, 0.2) is 0 Å². The van der Waals surface area contributed by atoms with Crippen molar-refractivity contribution in [3.63, 3.8) is 0 Å². The molecule has 0 amide bonds. The molecule has 2 aromatic rings. The van der Waals surface area contributed by atoms with Gasteiger partial charge in [-0.25, -0.2) is 4.79 Å². The fourth-order valence-corrected chi connectivity index (χ4v) is 2.26. The van der Waals surface area contributed by atoms with Crippen molar-refractivity contribution in [2.24, 2.45) is 5.16 Å². The first-order valence-corrected chi connectivity index (χ1v) is 8.07. The van der Waals surface area contributed by atoms with Gasteiger partial charge in [-0.15, -0.1) is 0 Å². The average Bonchev–Trinajstić information content (AvgIpc) is 2.70. The Hall–Kier alpha value is -3.95. The third kappa shape index (κ3) is 4.61. The van der Waals surface area contributed by atoms with E-state index in [-0.39, 0.29) is 23.3 Å². The van der Waals surface area contributed by atoms with Crippen molar-refractivity contribution in [1.29, 1.82) is 0 Å². The van der Waals surface area contributed by atoms with Gasteiger partial charge in [0.05, 0.1) is 21.5 Å². The molecule has 0 aliphatic heterocycles. The molecule has 0 aromatic heterocycles. The van der Waals surface area contributed by atoms with Crippen LogP contribution in [0.4, 0.5) is 11.4 Å². The van der Waals surface area contributed by atoms with Gasteiger partial charge in [-0.05, 0) is 18.6 Å². The lowest BCUT2D eigenvalue weighted by molar-refractivity contribution is -0.393. The zero-order chi connectivity index (χ0) is 20.8. The molecular formula is C18H15N3O7. The second kappa shape index (κ2) is 8.62. The predicted molar refractivity (Wildman–Crippen MR) is 99.0 cm³/mol. The van der Waals surface area contributed by atoms with Gasteiger partial charge in [0, 0.05) is 18.1 Å². The minimum atomic E-state index is -0.716. The lowest BCUT2D eigenvalue weighted by atomic mass is 9.99. The monoisotopic (exact) mass is 385 g/mol. The summed E-state index contributed by atoms with van der Waals surface area (Å²) in [4.78, 5) is 48.6. The fourth-order valence-electron chi connectivity index (χ4n) is 2.26. The maximum absolute atomic E-state index is 12.3. The normalized spacial score (nSPS) is 11.0. The number of carbonyl (C=O) groups excluding carboxylic acids is 2. The molecule has 0 bridgehead atoms. The van der Waals surface area contributed by atoms with E-state index in [4.69, 9.17) is 0 Å². The summed E-state index contributed by atoms with van der Waals surface area (Å²) < 4.78 is 0. The average molecular weight is 385 g/mol. The molecule has 0 radical (unpaired) electrons. The summed E-state index contributed by atoms with van der Waals surface area (Å²) >= 11 is 0. The highest BCUT2D eigenvalue weighted by molar-refractivity contribution is 6.45. The van der Waals surface area contributed by atoms with Gasteiger partial charge in [0.1, 0.15) is 5.71 Å². The van der Waals surface area contributed by atoms with E-state index in [1.807, 2.05) is 0 Å². The summed E-state index contributed by atoms with van der Waals surface area (Å²) in [6.07, 6.45) is 0.119. The Morgan fingerprint density at radius 1 is 1.04 bits per heavy atom.